The number of nitrogens with zero attached hydrogens (tertiary/aromatic N) is 3. The molecule has 1 heterocycles. The van der Waals surface area contributed by atoms with Crippen molar-refractivity contribution < 1.29 is 5.03 Å². The molecule has 7 heteroatoms. The van der Waals surface area contributed by atoms with Crippen LogP contribution in [0, 0.1) is 10.1 Å². The van der Waals surface area contributed by atoms with Crippen LogP contribution in [-0.4, -0.2) is 31.6 Å². The van der Waals surface area contributed by atoms with Gasteiger partial charge in [-0.2, -0.15) is 0 Å². The van der Waals surface area contributed by atoms with Gasteiger partial charge in [0.25, 0.3) is 0 Å². The molecule has 0 aromatic heterocycles. The van der Waals surface area contributed by atoms with Crippen LogP contribution in [0.15, 0.2) is 12.4 Å². The quantitative estimate of drug-likeness (QED) is 0.288. The van der Waals surface area contributed by atoms with Gasteiger partial charge in [0.1, 0.15) is 6.20 Å². The zero-order valence-corrected chi connectivity index (χ0v) is 7.52. The van der Waals surface area contributed by atoms with E-state index in [2.05, 4.69) is 5.53 Å². The molecule has 0 saturated carbocycles. The van der Waals surface area contributed by atoms with Crippen molar-refractivity contribution in [2.24, 2.45) is 0 Å². The first-order valence-electron chi connectivity index (χ1n) is 2.89. The Bertz CT molecular complexity index is 172. The fourth-order valence-corrected chi connectivity index (χ4v) is 0.961. The van der Waals surface area contributed by atoms with Crippen LogP contribution in [0.25, 0.3) is 0 Å². The molecule has 1 rings (SSSR count). The van der Waals surface area contributed by atoms with Crippen LogP contribution in [0.5, 0.6) is 0 Å². The minimum absolute atomic E-state index is 0.520. The average Bonchev–Trinajstić information content (AvgIpc) is 2.34. The minimum atomic E-state index is -0.520. The number of nitro groups is 1. The Hall–Kier alpha value is -1.08. The maximum atomic E-state index is 10.1. The molecular formula is C3H8N4O2Si. The van der Waals surface area contributed by atoms with E-state index < -0.39 is 5.03 Å². The van der Waals surface area contributed by atoms with Gasteiger partial charge in [-0.1, -0.05) is 5.53 Å². The second-order valence-corrected chi connectivity index (χ2v) is 2.40. The molecule has 0 spiro atoms. The molecule has 0 unspecified atom stereocenters. The van der Waals surface area contributed by atoms with E-state index in [1.54, 1.807) is 11.2 Å². The number of hydrazine groups is 3. The lowest BCUT2D eigenvalue weighted by Crippen LogP contribution is -2.42. The predicted octanol–water partition coefficient (Wildman–Crippen LogP) is -1.99. The van der Waals surface area contributed by atoms with Gasteiger partial charge >= 0.3 is 0 Å². The van der Waals surface area contributed by atoms with Crippen LogP contribution in [0.3, 0.4) is 0 Å². The van der Waals surface area contributed by atoms with Crippen LogP contribution < -0.4 is 5.53 Å². The number of nitrogens with one attached hydrogen (secondary N) is 1. The van der Waals surface area contributed by atoms with E-state index in [-0.39, 0.29) is 0 Å². The molecule has 0 saturated heterocycles. The van der Waals surface area contributed by atoms with Gasteiger partial charge in [0.2, 0.25) is 0 Å². The van der Waals surface area contributed by atoms with Crippen molar-refractivity contribution in [3.8, 4) is 0 Å². The van der Waals surface area contributed by atoms with Gasteiger partial charge in [0.05, 0.1) is 0 Å². The van der Waals surface area contributed by atoms with Gasteiger partial charge < -0.3 is 0 Å². The Morgan fingerprint density at radius 2 is 2.40 bits per heavy atom. The Balaban J connectivity index is 2.45. The lowest BCUT2D eigenvalue weighted by molar-refractivity contribution is -0.657. The van der Waals surface area contributed by atoms with E-state index in [0.29, 0.717) is 0 Å². The van der Waals surface area contributed by atoms with E-state index >= 15 is 0 Å². The topological polar surface area (TPSA) is 61.7 Å². The van der Waals surface area contributed by atoms with Crippen LogP contribution in [-0.2, 0) is 0 Å². The van der Waals surface area contributed by atoms with Crippen LogP contribution in [0.4, 0.5) is 0 Å². The Morgan fingerprint density at radius 3 is 2.70 bits per heavy atom. The largest absolute Gasteiger partial charge is 0.296 e. The number of rotatable bonds is 2. The monoisotopic (exact) mass is 160 g/mol. The summed E-state index contributed by atoms with van der Waals surface area (Å²) in [7, 11) is 0.981. The zero-order valence-electron chi connectivity index (χ0n) is 5.52. The van der Waals surface area contributed by atoms with Crippen LogP contribution in [0.1, 0.15) is 0 Å². The Labute approximate surface area is 60.6 Å². The maximum Gasteiger partial charge on any atom is 0.182 e. The summed E-state index contributed by atoms with van der Waals surface area (Å²) in [6, 6.07) is 0. The third-order valence-electron chi connectivity index (χ3n) is 1.14. The first kappa shape index (κ1) is 7.03. The second kappa shape index (κ2) is 2.67. The van der Waals surface area contributed by atoms with Crippen molar-refractivity contribution >= 4 is 10.2 Å². The van der Waals surface area contributed by atoms with Gasteiger partial charge in [-0.15, -0.1) is 0 Å². The zero-order chi connectivity index (χ0) is 7.56. The van der Waals surface area contributed by atoms with Gasteiger partial charge in [-0.3, -0.25) is 5.01 Å². The summed E-state index contributed by atoms with van der Waals surface area (Å²) in [4.78, 5) is 10.1. The molecular weight excluding hydrogens is 152 g/mol. The Morgan fingerprint density at radius 1 is 1.70 bits per heavy atom. The van der Waals surface area contributed by atoms with Gasteiger partial charge in [0.15, 0.2) is 5.03 Å². The smallest absolute Gasteiger partial charge is 0.182 e. The fourth-order valence-electron chi connectivity index (χ4n) is 0.609. The molecule has 0 atom stereocenters. The molecule has 0 aromatic rings. The molecule has 1 aliphatic heterocycles. The summed E-state index contributed by atoms with van der Waals surface area (Å²) in [6.07, 6.45) is 3.84. The SMILES string of the molecule is O=[N+]([O-])N1C=CN(C[SiH3])N1. The number of hydrogen-bond donors (Lipinski definition) is 1. The molecule has 56 valence electrons. The molecule has 6 nitrogen and oxygen atoms in total. The summed E-state index contributed by atoms with van der Waals surface area (Å²) in [5.41, 5.74) is 2.53. The maximum absolute atomic E-state index is 10.1. The van der Waals surface area contributed by atoms with E-state index in [4.69, 9.17) is 0 Å². The van der Waals surface area contributed by atoms with E-state index in [1.165, 1.54) is 6.20 Å². The van der Waals surface area contributed by atoms with Crippen molar-refractivity contribution in [2.45, 2.75) is 0 Å². The summed E-state index contributed by atoms with van der Waals surface area (Å²) in [5, 5.41) is 12.0. The lowest BCUT2D eigenvalue weighted by Gasteiger charge is -2.12. The summed E-state index contributed by atoms with van der Waals surface area (Å²) >= 11 is 0. The first-order chi connectivity index (χ1) is 4.74. The third-order valence-corrected chi connectivity index (χ3v) is 1.82. The van der Waals surface area contributed by atoms with Crippen LogP contribution >= 0.6 is 0 Å². The molecule has 0 bridgehead atoms. The van der Waals surface area contributed by atoms with E-state index in [9.17, 15) is 10.1 Å². The second-order valence-electron chi connectivity index (χ2n) is 1.77. The molecule has 1 aliphatic rings. The molecule has 10 heavy (non-hydrogen) atoms. The average molecular weight is 160 g/mol. The fraction of sp³-hybridized carbons (Fsp3) is 0.333. The first-order valence-corrected chi connectivity index (χ1v) is 4.30. The lowest BCUT2D eigenvalue weighted by atomic mass is 10.9. The Kier molecular flexibility index (Phi) is 1.87. The molecule has 0 fully saturated rings. The third kappa shape index (κ3) is 1.25. The van der Waals surface area contributed by atoms with Crippen LogP contribution in [0.2, 0.25) is 0 Å². The van der Waals surface area contributed by atoms with Crippen molar-refractivity contribution in [3.63, 3.8) is 0 Å². The molecule has 0 aromatic carbocycles. The normalized spacial score (nSPS) is 16.8. The highest BCUT2D eigenvalue weighted by Crippen LogP contribution is 1.96. The number of hydrogen-bond acceptors (Lipinski definition) is 4. The minimum Gasteiger partial charge on any atom is -0.296 e. The van der Waals surface area contributed by atoms with Crippen molar-refractivity contribution in [1.82, 2.24) is 15.7 Å². The van der Waals surface area contributed by atoms with Crippen molar-refractivity contribution in [1.29, 1.82) is 0 Å². The predicted molar refractivity (Wildman–Crippen MR) is 37.8 cm³/mol. The highest BCUT2D eigenvalue weighted by molar-refractivity contribution is 6.08. The van der Waals surface area contributed by atoms with E-state index in [1.807, 2.05) is 0 Å². The highest BCUT2D eigenvalue weighted by Gasteiger charge is 2.17. The summed E-state index contributed by atoms with van der Waals surface area (Å²) in [6.45, 7) is 0. The highest BCUT2D eigenvalue weighted by atomic mass is 28.1. The molecule has 0 aliphatic carbocycles. The van der Waals surface area contributed by atoms with Crippen molar-refractivity contribution in [3.05, 3.63) is 22.5 Å². The van der Waals surface area contributed by atoms with Gasteiger partial charge in [-0.05, 0) is 5.12 Å². The summed E-state index contributed by atoms with van der Waals surface area (Å²) < 4.78 is 0. The molecule has 0 amide bonds. The summed E-state index contributed by atoms with van der Waals surface area (Å²) in [5.74, 6) is 0. The molecule has 0 radical (unpaired) electrons. The van der Waals surface area contributed by atoms with Gasteiger partial charge in [0, 0.05) is 22.6 Å². The standard InChI is InChI=1S/C3H8N4O2Si/c8-7(9)6-2-1-5(3-10)4-6/h1-2,4H,3H2,10H3. The molecule has 1 N–H and O–H groups in total. The van der Waals surface area contributed by atoms with E-state index in [0.717, 1.165) is 21.5 Å². The van der Waals surface area contributed by atoms with Gasteiger partial charge in [-0.25, -0.2) is 10.1 Å². The van der Waals surface area contributed by atoms with Crippen molar-refractivity contribution in [2.75, 3.05) is 6.17 Å².